The van der Waals surface area contributed by atoms with Gasteiger partial charge in [-0.3, -0.25) is 0 Å². The molecule has 0 amide bonds. The maximum Gasteiger partial charge on any atom is 0.265 e. The maximum absolute atomic E-state index is 12.2. The second-order valence-electron chi connectivity index (χ2n) is 4.33. The van der Waals surface area contributed by atoms with Crippen molar-refractivity contribution in [3.63, 3.8) is 0 Å². The Bertz CT molecular complexity index is 387. The third kappa shape index (κ3) is 2.62. The third-order valence-electron chi connectivity index (χ3n) is 3.12. The second-order valence-corrected chi connectivity index (χ2v) is 4.33. The van der Waals surface area contributed by atoms with Crippen molar-refractivity contribution in [3.05, 3.63) is 35.4 Å². The van der Waals surface area contributed by atoms with Gasteiger partial charge in [-0.05, 0) is 17.5 Å². The van der Waals surface area contributed by atoms with Gasteiger partial charge in [0.25, 0.3) is 6.43 Å². The summed E-state index contributed by atoms with van der Waals surface area (Å²) in [5, 5.41) is 12.0. The third-order valence-corrected chi connectivity index (χ3v) is 3.12. The molecule has 0 heterocycles. The number of nitrogens with one attached hydrogen (secondary N) is 1. The first-order valence-corrected chi connectivity index (χ1v) is 5.63. The largest absolute Gasteiger partial charge is 0.386 e. The molecule has 3 nitrogen and oxygen atoms in total. The van der Waals surface area contributed by atoms with Crippen molar-refractivity contribution in [1.82, 2.24) is 5.32 Å². The summed E-state index contributed by atoms with van der Waals surface area (Å²) < 4.78 is 24.3. The van der Waals surface area contributed by atoms with E-state index in [2.05, 4.69) is 5.32 Å². The molecule has 1 aliphatic rings. The number of rotatable bonds is 4. The molecule has 4 N–H and O–H groups in total. The van der Waals surface area contributed by atoms with Crippen molar-refractivity contribution in [3.8, 4) is 0 Å². The average molecular weight is 242 g/mol. The van der Waals surface area contributed by atoms with E-state index in [1.807, 2.05) is 24.3 Å². The number of hydrogen-bond donors (Lipinski definition) is 3. The minimum Gasteiger partial charge on any atom is -0.386 e. The van der Waals surface area contributed by atoms with E-state index in [1.54, 1.807) is 0 Å². The maximum atomic E-state index is 12.2. The molecule has 1 aromatic carbocycles. The number of alkyl halides is 2. The summed E-state index contributed by atoms with van der Waals surface area (Å²) in [6, 6.07) is 7.59. The lowest BCUT2D eigenvalue weighted by Gasteiger charge is -2.16. The van der Waals surface area contributed by atoms with Gasteiger partial charge in [0, 0.05) is 18.6 Å². The highest BCUT2D eigenvalue weighted by molar-refractivity contribution is 5.37. The first-order valence-electron chi connectivity index (χ1n) is 5.63. The fourth-order valence-corrected chi connectivity index (χ4v) is 2.22. The Labute approximate surface area is 98.6 Å². The molecule has 0 radical (unpaired) electrons. The van der Waals surface area contributed by atoms with Crippen LogP contribution in [0.1, 0.15) is 29.6 Å². The van der Waals surface area contributed by atoms with Gasteiger partial charge in [-0.1, -0.05) is 24.3 Å². The van der Waals surface area contributed by atoms with Crippen molar-refractivity contribution in [1.29, 1.82) is 0 Å². The number of halogens is 2. The van der Waals surface area contributed by atoms with Crippen molar-refractivity contribution >= 4 is 0 Å². The van der Waals surface area contributed by atoms with E-state index in [9.17, 15) is 8.78 Å². The molecule has 1 aliphatic carbocycles. The standard InChI is InChI=1S/C12H16F2N2O/c13-12(14)11(17)6-16-10-5-9(15)7-3-1-2-4-8(7)10/h1-4,9-12,16-17H,5-6,15H2. The van der Waals surface area contributed by atoms with E-state index < -0.39 is 12.5 Å². The SMILES string of the molecule is NC1CC(NCC(O)C(F)F)c2ccccc21. The summed E-state index contributed by atoms with van der Waals surface area (Å²) >= 11 is 0. The zero-order chi connectivity index (χ0) is 12.4. The number of hydrogen-bond acceptors (Lipinski definition) is 3. The lowest BCUT2D eigenvalue weighted by Crippen LogP contribution is -2.34. The molecule has 5 heteroatoms. The van der Waals surface area contributed by atoms with E-state index in [1.165, 1.54) is 0 Å². The second kappa shape index (κ2) is 5.08. The first-order chi connectivity index (χ1) is 8.09. The zero-order valence-electron chi connectivity index (χ0n) is 9.31. The van der Waals surface area contributed by atoms with Crippen LogP contribution in [0.4, 0.5) is 8.78 Å². The molecule has 0 spiro atoms. The lowest BCUT2D eigenvalue weighted by molar-refractivity contribution is -0.00468. The normalized spacial score (nSPS) is 25.0. The quantitative estimate of drug-likeness (QED) is 0.747. The highest BCUT2D eigenvalue weighted by Crippen LogP contribution is 2.36. The Kier molecular flexibility index (Phi) is 3.71. The predicted molar refractivity (Wildman–Crippen MR) is 60.7 cm³/mol. The fourth-order valence-electron chi connectivity index (χ4n) is 2.22. The summed E-state index contributed by atoms with van der Waals surface area (Å²) in [5.41, 5.74) is 8.05. The highest BCUT2D eigenvalue weighted by Gasteiger charge is 2.28. The van der Waals surface area contributed by atoms with Crippen molar-refractivity contribution < 1.29 is 13.9 Å². The Hall–Kier alpha value is -1.04. The van der Waals surface area contributed by atoms with E-state index in [-0.39, 0.29) is 18.6 Å². The minimum absolute atomic E-state index is 0.0467. The highest BCUT2D eigenvalue weighted by atomic mass is 19.3. The van der Waals surface area contributed by atoms with Gasteiger partial charge in [0.2, 0.25) is 0 Å². The molecular weight excluding hydrogens is 226 g/mol. The summed E-state index contributed by atoms with van der Waals surface area (Å²) in [6.45, 7) is -0.122. The van der Waals surface area contributed by atoms with Gasteiger partial charge in [-0.25, -0.2) is 8.78 Å². The Morgan fingerprint density at radius 2 is 2.00 bits per heavy atom. The topological polar surface area (TPSA) is 58.3 Å². The van der Waals surface area contributed by atoms with Crippen molar-refractivity contribution in [2.75, 3.05) is 6.54 Å². The fraction of sp³-hybridized carbons (Fsp3) is 0.500. The molecule has 0 saturated carbocycles. The van der Waals surface area contributed by atoms with Crippen molar-refractivity contribution in [2.45, 2.75) is 31.0 Å². The zero-order valence-corrected chi connectivity index (χ0v) is 9.31. The summed E-state index contributed by atoms with van der Waals surface area (Å²) in [7, 11) is 0. The minimum atomic E-state index is -2.71. The summed E-state index contributed by atoms with van der Waals surface area (Å²) in [6.07, 6.45) is -3.67. The smallest absolute Gasteiger partial charge is 0.265 e. The molecule has 0 aliphatic heterocycles. The van der Waals surface area contributed by atoms with E-state index in [0.29, 0.717) is 6.42 Å². The van der Waals surface area contributed by atoms with Gasteiger partial charge in [0.05, 0.1) is 0 Å². The lowest BCUT2D eigenvalue weighted by atomic mass is 10.1. The molecule has 3 unspecified atom stereocenters. The van der Waals surface area contributed by atoms with Gasteiger partial charge in [0.15, 0.2) is 0 Å². The van der Waals surface area contributed by atoms with Crippen LogP contribution in [0.15, 0.2) is 24.3 Å². The van der Waals surface area contributed by atoms with E-state index >= 15 is 0 Å². The molecule has 0 aromatic heterocycles. The number of benzene rings is 1. The first kappa shape index (κ1) is 12.4. The molecule has 0 saturated heterocycles. The van der Waals surface area contributed by atoms with Crippen LogP contribution < -0.4 is 11.1 Å². The molecule has 1 aromatic rings. The van der Waals surface area contributed by atoms with Gasteiger partial charge in [-0.2, -0.15) is 0 Å². The average Bonchev–Trinajstić information content (AvgIpc) is 2.64. The molecule has 17 heavy (non-hydrogen) atoms. The Balaban J connectivity index is 2.00. The molecule has 3 atom stereocenters. The van der Waals surface area contributed by atoms with Gasteiger partial charge in [0.1, 0.15) is 6.10 Å². The van der Waals surface area contributed by atoms with Crippen LogP contribution in [0.5, 0.6) is 0 Å². The van der Waals surface area contributed by atoms with Crippen LogP contribution in [-0.2, 0) is 0 Å². The van der Waals surface area contributed by atoms with Crippen LogP contribution in [0.3, 0.4) is 0 Å². The van der Waals surface area contributed by atoms with Gasteiger partial charge >= 0.3 is 0 Å². The summed E-state index contributed by atoms with van der Waals surface area (Å²) in [4.78, 5) is 0. The Morgan fingerprint density at radius 1 is 1.35 bits per heavy atom. The number of aliphatic hydroxyl groups excluding tert-OH is 1. The van der Waals surface area contributed by atoms with E-state index in [0.717, 1.165) is 11.1 Å². The molecular formula is C12H16F2N2O. The number of nitrogens with two attached hydrogens (primary N) is 1. The molecule has 2 rings (SSSR count). The summed E-state index contributed by atoms with van der Waals surface area (Å²) in [5.74, 6) is 0. The van der Waals surface area contributed by atoms with Gasteiger partial charge in [-0.15, -0.1) is 0 Å². The molecule has 0 fully saturated rings. The van der Waals surface area contributed by atoms with Crippen LogP contribution in [0.25, 0.3) is 0 Å². The van der Waals surface area contributed by atoms with Crippen LogP contribution in [0, 0.1) is 0 Å². The van der Waals surface area contributed by atoms with Crippen LogP contribution in [0.2, 0.25) is 0 Å². The predicted octanol–water partition coefficient (Wildman–Crippen LogP) is 1.35. The van der Waals surface area contributed by atoms with Gasteiger partial charge < -0.3 is 16.2 Å². The number of fused-ring (bicyclic) bond motifs is 1. The van der Waals surface area contributed by atoms with Crippen LogP contribution in [-0.4, -0.2) is 24.2 Å². The number of aliphatic hydroxyl groups is 1. The monoisotopic (exact) mass is 242 g/mol. The van der Waals surface area contributed by atoms with Crippen molar-refractivity contribution in [2.24, 2.45) is 5.73 Å². The Morgan fingerprint density at radius 3 is 2.65 bits per heavy atom. The molecule has 94 valence electrons. The van der Waals surface area contributed by atoms with E-state index in [4.69, 9.17) is 10.8 Å². The molecule has 0 bridgehead atoms. The van der Waals surface area contributed by atoms with Crippen LogP contribution >= 0.6 is 0 Å².